The zero-order chi connectivity index (χ0) is 16.3. The van der Waals surface area contributed by atoms with Crippen LogP contribution in [0.2, 0.25) is 0 Å². The van der Waals surface area contributed by atoms with Gasteiger partial charge in [-0.2, -0.15) is 5.10 Å². The number of aromatic nitrogens is 2. The molecule has 2 rings (SSSR count). The summed E-state index contributed by atoms with van der Waals surface area (Å²) in [5.41, 5.74) is 0.906. The molecule has 0 amide bonds. The van der Waals surface area contributed by atoms with E-state index in [0.717, 1.165) is 29.6 Å². The Morgan fingerprint density at radius 3 is 2.14 bits per heavy atom. The summed E-state index contributed by atoms with van der Waals surface area (Å²) >= 11 is 0. The van der Waals surface area contributed by atoms with Gasteiger partial charge in [-0.1, -0.05) is 45.9 Å². The van der Waals surface area contributed by atoms with Gasteiger partial charge < -0.3 is 0 Å². The van der Waals surface area contributed by atoms with Gasteiger partial charge in [-0.05, 0) is 24.8 Å². The highest BCUT2D eigenvalue weighted by Crippen LogP contribution is 2.12. The Bertz CT molecular complexity index is 678. The normalized spacial score (nSPS) is 12.0. The van der Waals surface area contributed by atoms with E-state index in [2.05, 4.69) is 37.7 Å². The zero-order valence-corrected chi connectivity index (χ0v) is 14.3. The fourth-order valence-corrected chi connectivity index (χ4v) is 2.91. The minimum Gasteiger partial charge on any atom is -0.284 e. The minimum absolute atomic E-state index is 0.00119. The average Bonchev–Trinajstić information content (AvgIpc) is 2.43. The SMILES string of the molecule is Cc1nn(CN(CC(C)C)CC(C)C)c(=O)c2ccccc12. The number of rotatable bonds is 6. The highest BCUT2D eigenvalue weighted by Gasteiger charge is 2.13. The van der Waals surface area contributed by atoms with Crippen LogP contribution in [0.5, 0.6) is 0 Å². The fourth-order valence-electron chi connectivity index (χ4n) is 2.91. The molecule has 0 fully saturated rings. The van der Waals surface area contributed by atoms with Crippen molar-refractivity contribution in [3.63, 3.8) is 0 Å². The van der Waals surface area contributed by atoms with Crippen LogP contribution in [0.4, 0.5) is 0 Å². The Labute approximate surface area is 132 Å². The van der Waals surface area contributed by atoms with Crippen molar-refractivity contribution >= 4 is 10.8 Å². The molecule has 0 spiro atoms. The first-order chi connectivity index (χ1) is 10.4. The molecule has 22 heavy (non-hydrogen) atoms. The maximum atomic E-state index is 12.7. The average molecular weight is 301 g/mol. The van der Waals surface area contributed by atoms with E-state index in [-0.39, 0.29) is 5.56 Å². The summed E-state index contributed by atoms with van der Waals surface area (Å²) in [7, 11) is 0. The van der Waals surface area contributed by atoms with Gasteiger partial charge in [0.1, 0.15) is 0 Å². The molecule has 4 nitrogen and oxygen atoms in total. The van der Waals surface area contributed by atoms with Gasteiger partial charge in [-0.25, -0.2) is 4.68 Å². The lowest BCUT2D eigenvalue weighted by Gasteiger charge is -2.26. The quantitative estimate of drug-likeness (QED) is 0.822. The van der Waals surface area contributed by atoms with Crippen LogP contribution in [-0.4, -0.2) is 27.8 Å². The second kappa shape index (κ2) is 7.05. The van der Waals surface area contributed by atoms with Gasteiger partial charge in [0.25, 0.3) is 5.56 Å². The molecule has 0 radical (unpaired) electrons. The van der Waals surface area contributed by atoms with E-state index < -0.39 is 0 Å². The lowest BCUT2D eigenvalue weighted by atomic mass is 10.1. The third-order valence-corrected chi connectivity index (χ3v) is 3.63. The summed E-state index contributed by atoms with van der Waals surface area (Å²) < 4.78 is 1.61. The van der Waals surface area contributed by atoms with Crippen molar-refractivity contribution in [2.24, 2.45) is 11.8 Å². The van der Waals surface area contributed by atoms with Crippen LogP contribution in [0, 0.1) is 18.8 Å². The Morgan fingerprint density at radius 2 is 1.59 bits per heavy atom. The number of benzene rings is 1. The van der Waals surface area contributed by atoms with E-state index in [1.807, 2.05) is 31.2 Å². The van der Waals surface area contributed by atoms with Crippen molar-refractivity contribution in [2.75, 3.05) is 13.1 Å². The smallest absolute Gasteiger partial charge is 0.275 e. The highest BCUT2D eigenvalue weighted by molar-refractivity contribution is 5.83. The summed E-state index contributed by atoms with van der Waals surface area (Å²) in [6, 6.07) is 7.71. The molecule has 0 unspecified atom stereocenters. The largest absolute Gasteiger partial charge is 0.284 e. The first-order valence-corrected chi connectivity index (χ1v) is 8.07. The number of aryl methyl sites for hydroxylation is 1. The molecule has 0 aliphatic rings. The Balaban J connectivity index is 2.36. The van der Waals surface area contributed by atoms with Crippen molar-refractivity contribution in [3.8, 4) is 0 Å². The molecular formula is C18H27N3O. The molecule has 1 aromatic heterocycles. The van der Waals surface area contributed by atoms with Gasteiger partial charge in [0.2, 0.25) is 0 Å². The summed E-state index contributed by atoms with van der Waals surface area (Å²) in [6.45, 7) is 13.3. The molecule has 0 aliphatic heterocycles. The minimum atomic E-state index is -0.00119. The predicted molar refractivity (Wildman–Crippen MR) is 92.0 cm³/mol. The van der Waals surface area contributed by atoms with Gasteiger partial charge in [-0.15, -0.1) is 0 Å². The second-order valence-electron chi connectivity index (χ2n) is 6.90. The van der Waals surface area contributed by atoms with Gasteiger partial charge in [0.05, 0.1) is 17.7 Å². The van der Waals surface area contributed by atoms with Gasteiger partial charge in [-0.3, -0.25) is 9.69 Å². The molecule has 0 N–H and O–H groups in total. The van der Waals surface area contributed by atoms with E-state index in [4.69, 9.17) is 0 Å². The maximum absolute atomic E-state index is 12.7. The second-order valence-corrected chi connectivity index (χ2v) is 6.90. The van der Waals surface area contributed by atoms with Crippen molar-refractivity contribution < 1.29 is 0 Å². The van der Waals surface area contributed by atoms with Crippen LogP contribution >= 0.6 is 0 Å². The van der Waals surface area contributed by atoms with Crippen LogP contribution < -0.4 is 5.56 Å². The highest BCUT2D eigenvalue weighted by atomic mass is 16.1. The van der Waals surface area contributed by atoms with E-state index >= 15 is 0 Å². The van der Waals surface area contributed by atoms with E-state index in [1.165, 1.54) is 0 Å². The molecular weight excluding hydrogens is 274 g/mol. The number of hydrogen-bond donors (Lipinski definition) is 0. The third kappa shape index (κ3) is 3.95. The first-order valence-electron chi connectivity index (χ1n) is 8.07. The molecule has 4 heteroatoms. The van der Waals surface area contributed by atoms with Gasteiger partial charge >= 0.3 is 0 Å². The van der Waals surface area contributed by atoms with E-state index in [1.54, 1.807) is 4.68 Å². The number of hydrogen-bond acceptors (Lipinski definition) is 3. The third-order valence-electron chi connectivity index (χ3n) is 3.63. The molecule has 0 bridgehead atoms. The molecule has 2 aromatic rings. The molecule has 1 aromatic carbocycles. The van der Waals surface area contributed by atoms with Gasteiger partial charge in [0, 0.05) is 18.5 Å². The zero-order valence-electron chi connectivity index (χ0n) is 14.3. The summed E-state index contributed by atoms with van der Waals surface area (Å²) in [6.07, 6.45) is 0. The van der Waals surface area contributed by atoms with Gasteiger partial charge in [0.15, 0.2) is 0 Å². The molecule has 0 saturated heterocycles. The number of nitrogens with zero attached hydrogens (tertiary/aromatic N) is 3. The summed E-state index contributed by atoms with van der Waals surface area (Å²) in [5, 5.41) is 6.22. The van der Waals surface area contributed by atoms with Crippen molar-refractivity contribution in [1.82, 2.24) is 14.7 Å². The van der Waals surface area contributed by atoms with Crippen LogP contribution in [0.25, 0.3) is 10.8 Å². The fraction of sp³-hybridized carbons (Fsp3) is 0.556. The van der Waals surface area contributed by atoms with Crippen molar-refractivity contribution in [2.45, 2.75) is 41.3 Å². The number of fused-ring (bicyclic) bond motifs is 1. The van der Waals surface area contributed by atoms with Crippen LogP contribution in [0.15, 0.2) is 29.1 Å². The standard InChI is InChI=1S/C18H27N3O/c1-13(2)10-20(11-14(3)4)12-21-18(22)17-9-7-6-8-16(17)15(5)19-21/h6-9,13-14H,10-12H2,1-5H3. The predicted octanol–water partition coefficient (Wildman–Crippen LogP) is 3.28. The summed E-state index contributed by atoms with van der Waals surface area (Å²) in [5.74, 6) is 1.13. The first kappa shape index (κ1) is 16.7. The lowest BCUT2D eigenvalue weighted by molar-refractivity contribution is 0.162. The molecule has 0 aliphatic carbocycles. The van der Waals surface area contributed by atoms with Crippen molar-refractivity contribution in [3.05, 3.63) is 40.3 Å². The van der Waals surface area contributed by atoms with Crippen LogP contribution in [0.3, 0.4) is 0 Å². The lowest BCUT2D eigenvalue weighted by Crippen LogP contribution is -2.38. The van der Waals surface area contributed by atoms with Crippen LogP contribution in [-0.2, 0) is 6.67 Å². The molecule has 120 valence electrons. The maximum Gasteiger partial charge on any atom is 0.275 e. The molecule has 0 saturated carbocycles. The topological polar surface area (TPSA) is 38.1 Å². The Hall–Kier alpha value is -1.68. The molecule has 0 atom stereocenters. The van der Waals surface area contributed by atoms with E-state index in [9.17, 15) is 4.79 Å². The Kier molecular flexibility index (Phi) is 5.35. The Morgan fingerprint density at radius 1 is 1.05 bits per heavy atom. The van der Waals surface area contributed by atoms with Crippen LogP contribution in [0.1, 0.15) is 33.4 Å². The van der Waals surface area contributed by atoms with Crippen molar-refractivity contribution in [1.29, 1.82) is 0 Å². The molecule has 1 heterocycles. The monoisotopic (exact) mass is 301 g/mol. The van der Waals surface area contributed by atoms with E-state index in [0.29, 0.717) is 18.5 Å². The summed E-state index contributed by atoms with van der Waals surface area (Å²) in [4.78, 5) is 15.0.